The van der Waals surface area contributed by atoms with Crippen LogP contribution in [0.15, 0.2) is 0 Å². The Balaban J connectivity index is -0.0000000240. The maximum atomic E-state index is 8.52. The van der Waals surface area contributed by atoms with Crippen LogP contribution in [0.1, 0.15) is 0 Å². The van der Waals surface area contributed by atoms with Crippen molar-refractivity contribution in [3.8, 4) is 0 Å². The Hall–Kier alpha value is 1.79. The minimum absolute atomic E-state index is 0. The summed E-state index contributed by atoms with van der Waals surface area (Å²) in [6, 6.07) is 0. The standard InChI is InChI=1S/2C2H6N.2Na.H2O4S/c2*1-2-3;;;1-5(2,3)4/h2*1-3H2;;;(H2,1,2,3,4)/q2*-1;2*+1;. The summed E-state index contributed by atoms with van der Waals surface area (Å²) in [5.41, 5.74) is 6.75. The third-order valence-electron chi connectivity index (χ3n) is 0. The van der Waals surface area contributed by atoms with Gasteiger partial charge in [-0.05, 0) is 0 Å². The molecule has 0 aromatic carbocycles. The number of quaternary nitrogens is 2. The van der Waals surface area contributed by atoms with Crippen molar-refractivity contribution in [1.82, 2.24) is 0 Å². The first-order valence-electron chi connectivity index (χ1n) is 2.67. The minimum atomic E-state index is -5.17. The molecule has 6 nitrogen and oxygen atoms in total. The molecule has 0 saturated heterocycles. The molecule has 6 N–H and O–H groups in total. The molecule has 0 unspecified atom stereocenters. The average molecular weight is 232 g/mol. The third-order valence-corrected chi connectivity index (χ3v) is 0. The predicted molar refractivity (Wildman–Crippen MR) is 36.7 cm³/mol. The molecule has 0 spiro atoms. The van der Waals surface area contributed by atoms with Crippen molar-refractivity contribution >= 4 is 10.4 Å². The number of hydrogen-bond acceptors (Lipinski definition) is 4. The van der Waals surface area contributed by atoms with Crippen molar-refractivity contribution < 1.29 is 88.1 Å². The van der Waals surface area contributed by atoms with Crippen LogP contribution in [-0.2, 0) is 10.4 Å². The zero-order valence-corrected chi connectivity index (χ0v) is 13.1. The molecule has 0 amide bonds. The second-order valence-electron chi connectivity index (χ2n) is 1.12. The van der Waals surface area contributed by atoms with Gasteiger partial charge in [0.2, 0.25) is 0 Å². The molecule has 0 rings (SSSR count). The monoisotopic (exact) mass is 232 g/mol. The van der Waals surface area contributed by atoms with Gasteiger partial charge in [-0.3, -0.25) is 22.3 Å². The summed E-state index contributed by atoms with van der Waals surface area (Å²) in [4.78, 5) is 0. The normalized spacial score (nSPS) is 7.23. The Morgan fingerprint density at radius 1 is 1.00 bits per heavy atom. The topological polar surface area (TPSA) is 136 Å². The smallest absolute Gasteiger partial charge is 0.759 e. The quantitative estimate of drug-likeness (QED) is 0.185. The van der Waals surface area contributed by atoms with Crippen LogP contribution >= 0.6 is 0 Å². The molecule has 0 saturated carbocycles. The summed E-state index contributed by atoms with van der Waals surface area (Å²) in [7, 11) is -5.17. The van der Waals surface area contributed by atoms with E-state index in [1.165, 1.54) is 0 Å². The van der Waals surface area contributed by atoms with Gasteiger partial charge in [-0.2, -0.15) is 0 Å². The third kappa shape index (κ3) is 598. The van der Waals surface area contributed by atoms with Gasteiger partial charge in [-0.25, -0.2) is 0 Å². The summed E-state index contributed by atoms with van der Waals surface area (Å²) in [6.07, 6.45) is 0. The largest absolute Gasteiger partial charge is 1.00 e. The summed E-state index contributed by atoms with van der Waals surface area (Å²) in [6.45, 7) is 8.25. The van der Waals surface area contributed by atoms with Gasteiger partial charge in [-0.15, -0.1) is 0 Å². The van der Waals surface area contributed by atoms with E-state index in [4.69, 9.17) is 17.5 Å². The maximum Gasteiger partial charge on any atom is 1.00 e. The molecule has 72 valence electrons. The van der Waals surface area contributed by atoms with Crippen LogP contribution in [0.3, 0.4) is 0 Å². The molecule has 0 bridgehead atoms. The van der Waals surface area contributed by atoms with Crippen molar-refractivity contribution in [2.24, 2.45) is 0 Å². The molecule has 0 fully saturated rings. The van der Waals surface area contributed by atoms with E-state index in [2.05, 4.69) is 25.3 Å². The molecule has 9 heteroatoms. The van der Waals surface area contributed by atoms with E-state index >= 15 is 0 Å². The van der Waals surface area contributed by atoms with Gasteiger partial charge in [0, 0.05) is 10.4 Å². The van der Waals surface area contributed by atoms with Crippen molar-refractivity contribution in [3.05, 3.63) is 13.8 Å². The number of rotatable bonds is 0. The summed E-state index contributed by atoms with van der Waals surface area (Å²) >= 11 is 0. The van der Waals surface area contributed by atoms with E-state index in [1.54, 1.807) is 0 Å². The van der Waals surface area contributed by atoms with Crippen molar-refractivity contribution in [3.63, 3.8) is 0 Å². The van der Waals surface area contributed by atoms with E-state index in [0.29, 0.717) is 0 Å². The summed E-state index contributed by atoms with van der Waals surface area (Å²) in [5.74, 6) is 0. The molecule has 0 aliphatic rings. The molecule has 0 radical (unpaired) electrons. The molecular weight excluding hydrogens is 218 g/mol. The first-order chi connectivity index (χ1) is 4.83. The average Bonchev–Trinajstić information content (AvgIpc) is 1.62. The van der Waals surface area contributed by atoms with E-state index in [1.807, 2.05) is 0 Å². The van der Waals surface area contributed by atoms with Gasteiger partial charge in [-0.1, -0.05) is 13.1 Å². The van der Waals surface area contributed by atoms with Crippen LogP contribution in [0, 0.1) is 13.8 Å². The molecule has 0 heterocycles. The number of hydrogen-bond donors (Lipinski definition) is 2. The van der Waals surface area contributed by atoms with Crippen LogP contribution in [0.25, 0.3) is 0 Å². The van der Waals surface area contributed by atoms with Gasteiger partial charge in [0.05, 0.1) is 0 Å². The molecule has 0 atom stereocenters. The zero-order chi connectivity index (χ0) is 9.91. The zero-order valence-electron chi connectivity index (χ0n) is 8.28. The van der Waals surface area contributed by atoms with Crippen LogP contribution in [-0.4, -0.2) is 30.6 Å². The Kier molecular flexibility index (Phi) is 53.1. The predicted octanol–water partition coefficient (Wildman–Crippen LogP) is -9.21. The fourth-order valence-corrected chi connectivity index (χ4v) is 0. The Morgan fingerprint density at radius 3 is 1.00 bits per heavy atom. The summed E-state index contributed by atoms with van der Waals surface area (Å²) < 4.78 is 34.1. The summed E-state index contributed by atoms with van der Waals surface area (Å²) in [5, 5.41) is 0. The Bertz CT molecular complexity index is 131. The second kappa shape index (κ2) is 23.5. The van der Waals surface area contributed by atoms with E-state index in [-0.39, 0.29) is 59.1 Å². The van der Waals surface area contributed by atoms with Gasteiger partial charge >= 0.3 is 59.1 Å². The fraction of sp³-hybridized carbons (Fsp3) is 0.500. The van der Waals surface area contributed by atoms with Crippen LogP contribution in [0.4, 0.5) is 0 Å². The van der Waals surface area contributed by atoms with E-state index in [0.717, 1.165) is 13.1 Å². The van der Waals surface area contributed by atoms with Crippen molar-refractivity contribution in [2.75, 3.05) is 13.1 Å². The second-order valence-corrected chi connectivity index (χ2v) is 1.93. The van der Waals surface area contributed by atoms with Crippen LogP contribution < -0.4 is 70.6 Å². The fourth-order valence-electron chi connectivity index (χ4n) is 0. The van der Waals surface area contributed by atoms with Crippen LogP contribution in [0.2, 0.25) is 0 Å². The molecule has 0 aliphatic carbocycles. The van der Waals surface area contributed by atoms with Gasteiger partial charge in [0.15, 0.2) is 0 Å². The van der Waals surface area contributed by atoms with E-state index < -0.39 is 10.4 Å². The molecular formula is C4H14N2Na2O4S. The van der Waals surface area contributed by atoms with Gasteiger partial charge in [0.1, 0.15) is 0 Å². The van der Waals surface area contributed by atoms with E-state index in [9.17, 15) is 0 Å². The Morgan fingerprint density at radius 2 is 1.00 bits per heavy atom. The van der Waals surface area contributed by atoms with Gasteiger partial charge in [0.25, 0.3) is 0 Å². The van der Waals surface area contributed by atoms with Gasteiger partial charge < -0.3 is 20.6 Å². The molecule has 0 aromatic heterocycles. The van der Waals surface area contributed by atoms with Crippen molar-refractivity contribution in [2.45, 2.75) is 0 Å². The maximum absolute atomic E-state index is 8.52. The molecule has 13 heavy (non-hydrogen) atoms. The van der Waals surface area contributed by atoms with Crippen LogP contribution in [0.5, 0.6) is 0 Å². The minimum Gasteiger partial charge on any atom is -0.759 e. The Labute approximate surface area is 124 Å². The first kappa shape index (κ1) is 29.3. The first-order valence-corrected chi connectivity index (χ1v) is 4.00. The SMILES string of the molecule is O=S(=O)([O-])[O-].[CH2-]C[NH3+].[CH2-]C[NH3+].[Na+].[Na+]. The van der Waals surface area contributed by atoms with Crippen molar-refractivity contribution in [1.29, 1.82) is 0 Å². The molecule has 0 aromatic rings. The molecule has 0 aliphatic heterocycles.